The van der Waals surface area contributed by atoms with Gasteiger partial charge < -0.3 is 25.8 Å². The van der Waals surface area contributed by atoms with Crippen molar-refractivity contribution in [1.82, 2.24) is 19.8 Å². The van der Waals surface area contributed by atoms with Gasteiger partial charge in [-0.2, -0.15) is 0 Å². The van der Waals surface area contributed by atoms with Gasteiger partial charge in [0.15, 0.2) is 11.5 Å². The molecule has 9 nitrogen and oxygen atoms in total. The van der Waals surface area contributed by atoms with Crippen LogP contribution in [0.1, 0.15) is 28.9 Å². The number of nitrogens with two attached hydrogens (primary N) is 1. The fraction of sp³-hybridized carbons (Fsp3) is 0.429. The molecule has 0 spiro atoms. The molecule has 30 heavy (non-hydrogen) atoms. The highest BCUT2D eigenvalue weighted by atomic mass is 16.2. The molecule has 0 bridgehead atoms. The fourth-order valence-electron chi connectivity index (χ4n) is 4.00. The van der Waals surface area contributed by atoms with E-state index >= 15 is 0 Å². The Morgan fingerprint density at radius 1 is 1.20 bits per heavy atom. The number of urea groups is 1. The number of aryl methyl sites for hydroxylation is 1. The van der Waals surface area contributed by atoms with E-state index < -0.39 is 5.91 Å². The summed E-state index contributed by atoms with van der Waals surface area (Å²) in [6.45, 7) is 5.03. The Labute approximate surface area is 175 Å². The molecule has 0 radical (unpaired) electrons. The standard InChI is InChI=1S/C21H27N7O2/c1-14-5-7-15(8-6-14)24-20-18(19(22)29)23-12-17(25-20)27-9-3-4-16(13-27)28-11-10-26(2)21(28)30/h5-8,12,16H,3-4,9-11,13H2,1-2H3,(H2,22,29)(H,24,25)/t16-/m1/s1. The molecule has 2 saturated heterocycles. The van der Waals surface area contributed by atoms with Gasteiger partial charge in [-0.3, -0.25) is 4.79 Å². The zero-order valence-electron chi connectivity index (χ0n) is 17.3. The molecule has 2 aliphatic heterocycles. The van der Waals surface area contributed by atoms with Crippen LogP contribution in [0.5, 0.6) is 0 Å². The van der Waals surface area contributed by atoms with Crippen LogP contribution in [0.3, 0.4) is 0 Å². The van der Waals surface area contributed by atoms with E-state index in [0.717, 1.165) is 43.7 Å². The Balaban J connectivity index is 1.57. The average molecular weight is 409 g/mol. The maximum absolute atomic E-state index is 12.4. The van der Waals surface area contributed by atoms with Crippen molar-refractivity contribution in [2.75, 3.05) is 43.4 Å². The number of benzene rings is 1. The largest absolute Gasteiger partial charge is 0.364 e. The van der Waals surface area contributed by atoms with Crippen molar-refractivity contribution in [1.29, 1.82) is 0 Å². The number of carbonyl (C=O) groups is 2. The normalized spacial score (nSPS) is 19.3. The molecule has 0 aliphatic carbocycles. The van der Waals surface area contributed by atoms with E-state index in [1.54, 1.807) is 11.1 Å². The molecule has 4 rings (SSSR count). The second kappa shape index (κ2) is 8.17. The topological polar surface area (TPSA) is 108 Å². The van der Waals surface area contributed by atoms with E-state index in [-0.39, 0.29) is 17.8 Å². The highest BCUT2D eigenvalue weighted by Gasteiger charge is 2.34. The second-order valence-corrected chi connectivity index (χ2v) is 7.92. The first-order valence-electron chi connectivity index (χ1n) is 10.2. The zero-order chi connectivity index (χ0) is 21.3. The first-order chi connectivity index (χ1) is 14.4. The minimum Gasteiger partial charge on any atom is -0.364 e. The summed E-state index contributed by atoms with van der Waals surface area (Å²) in [5, 5.41) is 3.17. The third-order valence-electron chi connectivity index (χ3n) is 5.72. The van der Waals surface area contributed by atoms with Crippen LogP contribution in [0, 0.1) is 6.92 Å². The van der Waals surface area contributed by atoms with E-state index in [2.05, 4.69) is 20.2 Å². The van der Waals surface area contributed by atoms with Gasteiger partial charge in [-0.25, -0.2) is 14.8 Å². The van der Waals surface area contributed by atoms with E-state index in [1.807, 2.05) is 43.1 Å². The van der Waals surface area contributed by atoms with Gasteiger partial charge in [0.1, 0.15) is 5.82 Å². The summed E-state index contributed by atoms with van der Waals surface area (Å²) in [7, 11) is 1.83. The first kappa shape index (κ1) is 19.9. The molecule has 158 valence electrons. The number of carbonyl (C=O) groups excluding carboxylic acids is 2. The smallest absolute Gasteiger partial charge is 0.320 e. The third-order valence-corrected chi connectivity index (χ3v) is 5.72. The molecule has 0 unspecified atom stereocenters. The van der Waals surface area contributed by atoms with Crippen LogP contribution in [-0.2, 0) is 0 Å². The molecule has 9 heteroatoms. The van der Waals surface area contributed by atoms with Crippen LogP contribution < -0.4 is 16.0 Å². The monoisotopic (exact) mass is 409 g/mol. The number of nitrogens with one attached hydrogen (secondary N) is 1. The van der Waals surface area contributed by atoms with Crippen LogP contribution in [0.15, 0.2) is 30.5 Å². The van der Waals surface area contributed by atoms with E-state index in [0.29, 0.717) is 18.2 Å². The van der Waals surface area contributed by atoms with Crippen LogP contribution in [0.4, 0.5) is 22.1 Å². The summed E-state index contributed by atoms with van der Waals surface area (Å²) in [5.41, 5.74) is 7.55. The summed E-state index contributed by atoms with van der Waals surface area (Å²) in [5.74, 6) is 0.369. The summed E-state index contributed by atoms with van der Waals surface area (Å²) in [4.78, 5) is 39.0. The van der Waals surface area contributed by atoms with Crippen molar-refractivity contribution in [2.24, 2.45) is 5.73 Å². The average Bonchev–Trinajstić information content (AvgIpc) is 3.08. The molecule has 1 atom stereocenters. The molecule has 2 aliphatic rings. The van der Waals surface area contributed by atoms with Crippen molar-refractivity contribution < 1.29 is 9.59 Å². The van der Waals surface area contributed by atoms with Crippen LogP contribution in [-0.4, -0.2) is 71.0 Å². The molecule has 2 fully saturated rings. The van der Waals surface area contributed by atoms with Gasteiger partial charge in [0.05, 0.1) is 12.2 Å². The number of hydrogen-bond acceptors (Lipinski definition) is 6. The number of amides is 3. The van der Waals surface area contributed by atoms with Crippen LogP contribution in [0.2, 0.25) is 0 Å². The lowest BCUT2D eigenvalue weighted by Gasteiger charge is -2.37. The number of rotatable bonds is 5. The number of likely N-dealkylation sites (N-methyl/N-ethyl adjacent to an activating group) is 1. The Morgan fingerprint density at radius 3 is 2.63 bits per heavy atom. The van der Waals surface area contributed by atoms with Gasteiger partial charge in [-0.15, -0.1) is 0 Å². The van der Waals surface area contributed by atoms with Crippen molar-refractivity contribution in [3.05, 3.63) is 41.7 Å². The molecule has 0 saturated carbocycles. The van der Waals surface area contributed by atoms with E-state index in [4.69, 9.17) is 5.73 Å². The number of piperidine rings is 1. The van der Waals surface area contributed by atoms with Gasteiger partial charge >= 0.3 is 6.03 Å². The molecular formula is C21H27N7O2. The maximum Gasteiger partial charge on any atom is 0.320 e. The van der Waals surface area contributed by atoms with E-state index in [1.165, 1.54) is 0 Å². The lowest BCUT2D eigenvalue weighted by molar-refractivity contribution is 0.0996. The summed E-state index contributed by atoms with van der Waals surface area (Å²) in [6, 6.07) is 8.01. The fourth-order valence-corrected chi connectivity index (χ4v) is 4.00. The number of primary amides is 1. The third kappa shape index (κ3) is 4.00. The highest BCUT2D eigenvalue weighted by Crippen LogP contribution is 2.26. The Hall–Kier alpha value is -3.36. The zero-order valence-corrected chi connectivity index (χ0v) is 17.3. The molecule has 3 amide bonds. The van der Waals surface area contributed by atoms with Gasteiger partial charge in [0, 0.05) is 38.9 Å². The second-order valence-electron chi connectivity index (χ2n) is 7.92. The molecule has 3 N–H and O–H groups in total. The maximum atomic E-state index is 12.4. The first-order valence-corrected chi connectivity index (χ1v) is 10.2. The Bertz CT molecular complexity index is 947. The van der Waals surface area contributed by atoms with Crippen molar-refractivity contribution in [3.8, 4) is 0 Å². The minimum absolute atomic E-state index is 0.0822. The SMILES string of the molecule is Cc1ccc(Nc2nc(N3CCC[C@@H](N4CCN(C)C4=O)C3)cnc2C(N)=O)cc1. The highest BCUT2D eigenvalue weighted by molar-refractivity contribution is 5.96. The van der Waals surface area contributed by atoms with Gasteiger partial charge in [0.2, 0.25) is 0 Å². The number of aromatic nitrogens is 2. The molecule has 2 aromatic rings. The number of hydrogen-bond donors (Lipinski definition) is 2. The van der Waals surface area contributed by atoms with E-state index in [9.17, 15) is 9.59 Å². The van der Waals surface area contributed by atoms with Crippen molar-refractivity contribution >= 4 is 29.3 Å². The van der Waals surface area contributed by atoms with Crippen LogP contribution in [0.25, 0.3) is 0 Å². The predicted molar refractivity (Wildman–Crippen MR) is 115 cm³/mol. The predicted octanol–water partition coefficient (Wildman–Crippen LogP) is 1.96. The Morgan fingerprint density at radius 2 is 1.97 bits per heavy atom. The van der Waals surface area contributed by atoms with Gasteiger partial charge in [-0.05, 0) is 31.9 Å². The molecule has 1 aromatic carbocycles. The lowest BCUT2D eigenvalue weighted by Crippen LogP contribution is -2.49. The van der Waals surface area contributed by atoms with Gasteiger partial charge in [0.25, 0.3) is 5.91 Å². The van der Waals surface area contributed by atoms with Gasteiger partial charge in [-0.1, -0.05) is 17.7 Å². The summed E-state index contributed by atoms with van der Waals surface area (Å²) in [6.07, 6.45) is 3.51. The van der Waals surface area contributed by atoms with Crippen molar-refractivity contribution in [3.63, 3.8) is 0 Å². The molecule has 3 heterocycles. The van der Waals surface area contributed by atoms with Crippen molar-refractivity contribution in [2.45, 2.75) is 25.8 Å². The van der Waals surface area contributed by atoms with Crippen LogP contribution >= 0.6 is 0 Å². The molecular weight excluding hydrogens is 382 g/mol. The number of nitrogens with zero attached hydrogens (tertiary/aromatic N) is 5. The summed E-state index contributed by atoms with van der Waals surface area (Å²) >= 11 is 0. The quantitative estimate of drug-likeness (QED) is 0.782. The molecule has 1 aromatic heterocycles. The minimum atomic E-state index is -0.633. The summed E-state index contributed by atoms with van der Waals surface area (Å²) < 4.78 is 0. The Kier molecular flexibility index (Phi) is 5.43. The lowest BCUT2D eigenvalue weighted by atomic mass is 10.0. The number of anilines is 3.